The molecule has 0 saturated carbocycles. The molecular formula is C19H31N5O5. The van der Waals surface area contributed by atoms with Crippen LogP contribution in [0.3, 0.4) is 0 Å². The average molecular weight is 409 g/mol. The third-order valence-corrected chi connectivity index (χ3v) is 5.39. The van der Waals surface area contributed by atoms with E-state index in [1.54, 1.807) is 0 Å². The second-order valence-electron chi connectivity index (χ2n) is 7.60. The molecule has 0 atom stereocenters. The molecule has 0 bridgehead atoms. The van der Waals surface area contributed by atoms with Crippen molar-refractivity contribution in [2.45, 2.75) is 58.3 Å². The fraction of sp³-hybridized carbons (Fsp3) is 0.737. The number of nitrogens with zero attached hydrogens (tertiary/aromatic N) is 1. The Balaban J connectivity index is 1.99. The maximum absolute atomic E-state index is 12.5. The first-order chi connectivity index (χ1) is 13.9. The van der Waals surface area contributed by atoms with Crippen LogP contribution < -0.4 is 21.3 Å². The van der Waals surface area contributed by atoms with Crippen molar-refractivity contribution in [3.8, 4) is 0 Å². The van der Waals surface area contributed by atoms with E-state index in [2.05, 4.69) is 28.2 Å². The van der Waals surface area contributed by atoms with E-state index >= 15 is 0 Å². The summed E-state index contributed by atoms with van der Waals surface area (Å²) in [4.78, 5) is 62.8. The molecule has 7 amide bonds. The van der Waals surface area contributed by atoms with E-state index < -0.39 is 41.6 Å². The normalized spacial score (nSPS) is 18.8. The second-order valence-corrected chi connectivity index (χ2v) is 7.60. The Bertz CT molecular complexity index is 625. The van der Waals surface area contributed by atoms with Gasteiger partial charge in [-0.1, -0.05) is 45.4 Å². The minimum Gasteiger partial charge on any atom is -0.322 e. The van der Waals surface area contributed by atoms with E-state index in [-0.39, 0.29) is 6.42 Å². The molecule has 0 spiro atoms. The molecule has 4 N–H and O–H groups in total. The Morgan fingerprint density at radius 3 is 2.17 bits per heavy atom. The van der Waals surface area contributed by atoms with Gasteiger partial charge in [0.05, 0.1) is 6.42 Å². The van der Waals surface area contributed by atoms with E-state index in [1.807, 2.05) is 0 Å². The van der Waals surface area contributed by atoms with Crippen LogP contribution in [0.2, 0.25) is 0 Å². The topological polar surface area (TPSA) is 137 Å². The van der Waals surface area contributed by atoms with Crippen molar-refractivity contribution in [2.75, 3.05) is 26.2 Å². The summed E-state index contributed by atoms with van der Waals surface area (Å²) >= 11 is 0. The minimum atomic E-state index is -1.69. The molecule has 2 aliphatic rings. The SMILES string of the molecule is CCCCCCCCC1(CC(=O)NC(=O)N2CCNCC2)C(=O)NC(=O)NC1=O. The monoisotopic (exact) mass is 409 g/mol. The summed E-state index contributed by atoms with van der Waals surface area (Å²) in [5.41, 5.74) is -1.69. The highest BCUT2D eigenvalue weighted by Gasteiger charge is 2.51. The van der Waals surface area contributed by atoms with Crippen molar-refractivity contribution in [1.29, 1.82) is 0 Å². The fourth-order valence-electron chi connectivity index (χ4n) is 3.65. The summed E-state index contributed by atoms with van der Waals surface area (Å²) in [5, 5.41) is 9.56. The number of nitrogens with one attached hydrogen (secondary N) is 4. The average Bonchev–Trinajstić information content (AvgIpc) is 2.69. The van der Waals surface area contributed by atoms with Crippen LogP contribution in [0.15, 0.2) is 0 Å². The number of imide groups is 3. The van der Waals surface area contributed by atoms with E-state index in [9.17, 15) is 24.0 Å². The van der Waals surface area contributed by atoms with Gasteiger partial charge in [-0.05, 0) is 6.42 Å². The summed E-state index contributed by atoms with van der Waals surface area (Å²) < 4.78 is 0. The molecule has 10 heteroatoms. The maximum Gasteiger partial charge on any atom is 0.328 e. The number of carbonyl (C=O) groups is 5. The number of hydrogen-bond donors (Lipinski definition) is 4. The zero-order chi connectivity index (χ0) is 21.3. The molecule has 0 aliphatic carbocycles. The van der Waals surface area contributed by atoms with Gasteiger partial charge < -0.3 is 10.2 Å². The highest BCUT2D eigenvalue weighted by molar-refractivity contribution is 6.20. The van der Waals surface area contributed by atoms with Crippen LogP contribution in [0, 0.1) is 5.41 Å². The van der Waals surface area contributed by atoms with E-state index in [4.69, 9.17) is 0 Å². The molecule has 10 nitrogen and oxygen atoms in total. The maximum atomic E-state index is 12.5. The van der Waals surface area contributed by atoms with Crippen LogP contribution in [0.5, 0.6) is 0 Å². The molecule has 162 valence electrons. The number of hydrogen-bond acceptors (Lipinski definition) is 6. The van der Waals surface area contributed by atoms with Crippen LogP contribution in [0.4, 0.5) is 9.59 Å². The smallest absolute Gasteiger partial charge is 0.322 e. The van der Waals surface area contributed by atoms with Gasteiger partial charge in [-0.2, -0.15) is 0 Å². The molecule has 0 radical (unpaired) electrons. The van der Waals surface area contributed by atoms with Crippen LogP contribution in [0.25, 0.3) is 0 Å². The zero-order valence-electron chi connectivity index (χ0n) is 17.0. The van der Waals surface area contributed by atoms with Crippen LogP contribution >= 0.6 is 0 Å². The van der Waals surface area contributed by atoms with Gasteiger partial charge in [-0.3, -0.25) is 30.3 Å². The van der Waals surface area contributed by atoms with Crippen LogP contribution in [-0.4, -0.2) is 60.9 Å². The van der Waals surface area contributed by atoms with Crippen molar-refractivity contribution < 1.29 is 24.0 Å². The Morgan fingerprint density at radius 1 is 0.966 bits per heavy atom. The molecule has 2 aliphatic heterocycles. The molecule has 29 heavy (non-hydrogen) atoms. The number of barbiturate groups is 1. The number of carbonyl (C=O) groups excluding carboxylic acids is 5. The molecular weight excluding hydrogens is 378 g/mol. The Hall–Kier alpha value is -2.49. The summed E-state index contributed by atoms with van der Waals surface area (Å²) in [6.07, 6.45) is 5.31. The predicted molar refractivity (Wildman–Crippen MR) is 105 cm³/mol. The lowest BCUT2D eigenvalue weighted by Crippen LogP contribution is -2.63. The molecule has 2 saturated heterocycles. The molecule has 0 aromatic carbocycles. The lowest BCUT2D eigenvalue weighted by Gasteiger charge is -2.34. The summed E-state index contributed by atoms with van der Waals surface area (Å²) in [6.45, 7) is 4.32. The van der Waals surface area contributed by atoms with Crippen molar-refractivity contribution >= 4 is 29.8 Å². The molecule has 0 aromatic heterocycles. The molecule has 0 unspecified atom stereocenters. The van der Waals surface area contributed by atoms with Gasteiger partial charge in [0, 0.05) is 26.2 Å². The largest absolute Gasteiger partial charge is 0.328 e. The highest BCUT2D eigenvalue weighted by Crippen LogP contribution is 2.32. The fourth-order valence-corrected chi connectivity index (χ4v) is 3.65. The first-order valence-electron chi connectivity index (χ1n) is 10.4. The van der Waals surface area contributed by atoms with Crippen molar-refractivity contribution in [2.24, 2.45) is 5.41 Å². The number of amides is 7. The summed E-state index contributed by atoms with van der Waals surface area (Å²) in [5.74, 6) is -2.28. The van der Waals surface area contributed by atoms with Crippen molar-refractivity contribution in [3.63, 3.8) is 0 Å². The van der Waals surface area contributed by atoms with Gasteiger partial charge in [0.25, 0.3) is 0 Å². The Labute approximate surface area is 170 Å². The van der Waals surface area contributed by atoms with Gasteiger partial charge in [-0.15, -0.1) is 0 Å². The first kappa shape index (κ1) is 22.8. The van der Waals surface area contributed by atoms with E-state index in [0.717, 1.165) is 32.1 Å². The van der Waals surface area contributed by atoms with Crippen LogP contribution in [0.1, 0.15) is 58.3 Å². The lowest BCUT2D eigenvalue weighted by atomic mass is 9.76. The number of unbranched alkanes of at least 4 members (excludes halogenated alkanes) is 5. The van der Waals surface area contributed by atoms with Gasteiger partial charge in [0.1, 0.15) is 5.41 Å². The Morgan fingerprint density at radius 2 is 1.55 bits per heavy atom. The Kier molecular flexibility index (Phi) is 8.56. The third-order valence-electron chi connectivity index (χ3n) is 5.39. The van der Waals surface area contributed by atoms with Gasteiger partial charge in [0.2, 0.25) is 17.7 Å². The standard InChI is InChI=1S/C19H31N5O5/c1-2-3-4-5-6-7-8-19(15(26)22-17(28)23-16(19)27)13-14(25)21-18(29)24-11-9-20-10-12-24/h20H,2-13H2,1H3,(H,21,25,29)(H2,22,23,26,27,28). The van der Waals surface area contributed by atoms with Gasteiger partial charge in [-0.25, -0.2) is 9.59 Å². The molecule has 0 aromatic rings. The highest BCUT2D eigenvalue weighted by atomic mass is 16.2. The zero-order valence-corrected chi connectivity index (χ0v) is 17.0. The predicted octanol–water partition coefficient (Wildman–Crippen LogP) is 0.621. The summed E-state index contributed by atoms with van der Waals surface area (Å²) in [6, 6.07) is -1.44. The second kappa shape index (κ2) is 10.9. The summed E-state index contributed by atoms with van der Waals surface area (Å²) in [7, 11) is 0. The van der Waals surface area contributed by atoms with E-state index in [1.165, 1.54) is 4.90 Å². The molecule has 2 rings (SSSR count). The lowest BCUT2D eigenvalue weighted by molar-refractivity contribution is -0.148. The minimum absolute atomic E-state index is 0.138. The van der Waals surface area contributed by atoms with Crippen molar-refractivity contribution in [1.82, 2.24) is 26.2 Å². The number of urea groups is 2. The van der Waals surface area contributed by atoms with E-state index in [0.29, 0.717) is 32.6 Å². The molecule has 2 heterocycles. The number of piperazine rings is 1. The van der Waals surface area contributed by atoms with Crippen LogP contribution in [-0.2, 0) is 14.4 Å². The quantitative estimate of drug-likeness (QED) is 0.325. The van der Waals surface area contributed by atoms with Crippen molar-refractivity contribution in [3.05, 3.63) is 0 Å². The number of rotatable bonds is 9. The van der Waals surface area contributed by atoms with Gasteiger partial charge >= 0.3 is 12.1 Å². The van der Waals surface area contributed by atoms with Gasteiger partial charge in [0.15, 0.2) is 0 Å². The first-order valence-corrected chi connectivity index (χ1v) is 10.4. The molecule has 2 fully saturated rings. The third kappa shape index (κ3) is 6.25.